The molecule has 8 heteroatoms. The van der Waals surface area contributed by atoms with Gasteiger partial charge < -0.3 is 9.47 Å². The van der Waals surface area contributed by atoms with Gasteiger partial charge in [0.25, 0.3) is 5.56 Å². The quantitative estimate of drug-likeness (QED) is 0.219. The molecule has 180 valence electrons. The van der Waals surface area contributed by atoms with Crippen LogP contribution in [0.1, 0.15) is 42.3 Å². The molecule has 35 heavy (non-hydrogen) atoms. The van der Waals surface area contributed by atoms with Crippen LogP contribution >= 0.6 is 31.9 Å². The predicted molar refractivity (Wildman–Crippen MR) is 147 cm³/mol. The summed E-state index contributed by atoms with van der Waals surface area (Å²) >= 11 is 7.02. The van der Waals surface area contributed by atoms with E-state index in [-0.39, 0.29) is 11.5 Å². The van der Waals surface area contributed by atoms with Gasteiger partial charge in [-0.3, -0.25) is 4.79 Å². The van der Waals surface area contributed by atoms with Crippen molar-refractivity contribution < 1.29 is 9.47 Å². The highest BCUT2D eigenvalue weighted by molar-refractivity contribution is 9.10. The van der Waals surface area contributed by atoms with Crippen molar-refractivity contribution >= 4 is 49.0 Å². The van der Waals surface area contributed by atoms with Crippen molar-refractivity contribution in [3.05, 3.63) is 96.4 Å². The van der Waals surface area contributed by atoms with Crippen LogP contribution in [0, 0.1) is 6.92 Å². The summed E-state index contributed by atoms with van der Waals surface area (Å²) in [7, 11) is 1.59. The molecule has 0 unspecified atom stereocenters. The molecule has 0 saturated carbocycles. The van der Waals surface area contributed by atoms with Crippen LogP contribution in [0.5, 0.6) is 11.5 Å². The lowest BCUT2D eigenvalue weighted by Gasteiger charge is -2.14. The summed E-state index contributed by atoms with van der Waals surface area (Å²) in [6.07, 6.45) is 1.62. The molecule has 4 rings (SSSR count). The zero-order chi connectivity index (χ0) is 25.1. The molecular weight excluding hydrogens is 574 g/mol. The van der Waals surface area contributed by atoms with Crippen molar-refractivity contribution in [1.82, 2.24) is 9.66 Å². The van der Waals surface area contributed by atoms with Crippen molar-refractivity contribution in [2.75, 3.05) is 7.11 Å². The second kappa shape index (κ2) is 10.7. The van der Waals surface area contributed by atoms with E-state index in [9.17, 15) is 4.79 Å². The molecule has 1 aromatic heterocycles. The summed E-state index contributed by atoms with van der Waals surface area (Å²) in [6.45, 7) is 6.43. The minimum atomic E-state index is -0.222. The van der Waals surface area contributed by atoms with Crippen LogP contribution in [0.2, 0.25) is 0 Å². The average molecular weight is 599 g/mol. The van der Waals surface area contributed by atoms with Gasteiger partial charge in [0, 0.05) is 10.4 Å². The number of hydrogen-bond acceptors (Lipinski definition) is 5. The van der Waals surface area contributed by atoms with Gasteiger partial charge in [-0.15, -0.1) is 0 Å². The molecule has 1 heterocycles. The fourth-order valence-corrected chi connectivity index (χ4v) is 4.51. The standard InChI is InChI=1S/C27H25Br2N3O3/c1-16(2)26-31-23-10-9-20(28)13-21(23)27(33)32(26)30-14-19-11-22(29)25(24(12-19)34-4)35-15-18-7-5-17(3)6-8-18/h5-14,16H,15H2,1-4H3. The molecule has 6 nitrogen and oxygen atoms in total. The Bertz CT molecular complexity index is 1460. The second-order valence-electron chi connectivity index (χ2n) is 8.46. The maximum absolute atomic E-state index is 13.2. The Kier molecular flexibility index (Phi) is 7.72. The summed E-state index contributed by atoms with van der Waals surface area (Å²) < 4.78 is 14.5. The number of aryl methyl sites for hydroxylation is 1. The molecule has 4 aromatic rings. The predicted octanol–water partition coefficient (Wildman–Crippen LogP) is 6.82. The summed E-state index contributed by atoms with van der Waals surface area (Å²) in [6, 6.07) is 17.4. The number of halogens is 2. The monoisotopic (exact) mass is 597 g/mol. The molecule has 3 aromatic carbocycles. The van der Waals surface area contributed by atoms with Gasteiger partial charge in [0.05, 0.1) is 28.7 Å². The van der Waals surface area contributed by atoms with Crippen LogP contribution in [0.25, 0.3) is 10.9 Å². The smallest absolute Gasteiger partial charge is 0.282 e. The topological polar surface area (TPSA) is 65.7 Å². The Morgan fingerprint density at radius 1 is 1.09 bits per heavy atom. The van der Waals surface area contributed by atoms with Gasteiger partial charge in [0.15, 0.2) is 11.5 Å². The summed E-state index contributed by atoms with van der Waals surface area (Å²) in [5.41, 5.74) is 3.43. The van der Waals surface area contributed by atoms with Crippen LogP contribution in [-0.4, -0.2) is 23.0 Å². The van der Waals surface area contributed by atoms with Crippen molar-refractivity contribution in [3.63, 3.8) is 0 Å². The van der Waals surface area contributed by atoms with Crippen LogP contribution in [0.3, 0.4) is 0 Å². The first-order valence-electron chi connectivity index (χ1n) is 11.1. The Morgan fingerprint density at radius 3 is 2.51 bits per heavy atom. The molecule has 0 bridgehead atoms. The fourth-order valence-electron chi connectivity index (χ4n) is 3.57. The minimum absolute atomic E-state index is 0.00622. The van der Waals surface area contributed by atoms with E-state index in [1.54, 1.807) is 19.4 Å². The lowest BCUT2D eigenvalue weighted by Crippen LogP contribution is -2.23. The van der Waals surface area contributed by atoms with Crippen LogP contribution < -0.4 is 15.0 Å². The number of methoxy groups -OCH3 is 1. The molecule has 0 fully saturated rings. The molecule has 0 radical (unpaired) electrons. The molecule has 0 spiro atoms. The molecular formula is C27H25Br2N3O3. The molecule has 0 amide bonds. The maximum atomic E-state index is 13.2. The van der Waals surface area contributed by atoms with Gasteiger partial charge in [0.2, 0.25) is 0 Å². The number of benzene rings is 3. The number of fused-ring (bicyclic) bond motifs is 1. The summed E-state index contributed by atoms with van der Waals surface area (Å²) in [5.74, 6) is 1.75. The average Bonchev–Trinajstić information content (AvgIpc) is 2.83. The van der Waals surface area contributed by atoms with E-state index in [1.165, 1.54) is 10.2 Å². The highest BCUT2D eigenvalue weighted by Gasteiger charge is 2.15. The SMILES string of the molecule is COc1cc(C=Nn2c(C(C)C)nc3ccc(Br)cc3c2=O)cc(Br)c1OCc1ccc(C)cc1. The zero-order valence-corrected chi connectivity index (χ0v) is 23.1. The van der Waals surface area contributed by atoms with Gasteiger partial charge >= 0.3 is 0 Å². The summed E-state index contributed by atoms with van der Waals surface area (Å²) in [5, 5.41) is 5.01. The fraction of sp³-hybridized carbons (Fsp3) is 0.222. The van der Waals surface area contributed by atoms with Gasteiger partial charge in [-0.25, -0.2) is 4.98 Å². The molecule has 0 aliphatic carbocycles. The molecule has 0 saturated heterocycles. The van der Waals surface area contributed by atoms with Crippen molar-refractivity contribution in [1.29, 1.82) is 0 Å². The Hall–Kier alpha value is -2.97. The van der Waals surface area contributed by atoms with Crippen LogP contribution in [0.15, 0.2) is 73.4 Å². The van der Waals surface area contributed by atoms with E-state index in [0.29, 0.717) is 34.8 Å². The number of nitrogens with zero attached hydrogens (tertiary/aromatic N) is 3. The summed E-state index contributed by atoms with van der Waals surface area (Å²) in [4.78, 5) is 17.9. The Labute approximate surface area is 220 Å². The first-order valence-corrected chi connectivity index (χ1v) is 12.7. The molecule has 0 aliphatic rings. The highest BCUT2D eigenvalue weighted by atomic mass is 79.9. The Morgan fingerprint density at radius 2 is 1.83 bits per heavy atom. The first-order chi connectivity index (χ1) is 16.8. The number of ether oxygens (including phenoxy) is 2. The number of rotatable bonds is 7. The van der Waals surface area contributed by atoms with Crippen LogP contribution in [0.4, 0.5) is 0 Å². The third kappa shape index (κ3) is 5.65. The van der Waals surface area contributed by atoms with Crippen molar-refractivity contribution in [2.45, 2.75) is 33.3 Å². The van der Waals surface area contributed by atoms with Crippen molar-refractivity contribution in [2.24, 2.45) is 5.10 Å². The minimum Gasteiger partial charge on any atom is -0.493 e. The van der Waals surface area contributed by atoms with Crippen molar-refractivity contribution in [3.8, 4) is 11.5 Å². The van der Waals surface area contributed by atoms with E-state index in [2.05, 4.69) is 61.0 Å². The normalized spacial score (nSPS) is 11.5. The lowest BCUT2D eigenvalue weighted by molar-refractivity contribution is 0.282. The lowest BCUT2D eigenvalue weighted by atomic mass is 10.1. The zero-order valence-electron chi connectivity index (χ0n) is 19.9. The van der Waals surface area contributed by atoms with Gasteiger partial charge in [-0.1, -0.05) is 59.6 Å². The van der Waals surface area contributed by atoms with Gasteiger partial charge in [-0.2, -0.15) is 9.78 Å². The molecule has 0 aliphatic heterocycles. The largest absolute Gasteiger partial charge is 0.493 e. The number of aromatic nitrogens is 2. The Balaban J connectivity index is 1.68. The second-order valence-corrected chi connectivity index (χ2v) is 10.2. The van der Waals surface area contributed by atoms with E-state index in [4.69, 9.17) is 9.47 Å². The highest BCUT2D eigenvalue weighted by Crippen LogP contribution is 2.37. The van der Waals surface area contributed by atoms with Gasteiger partial charge in [0.1, 0.15) is 12.4 Å². The third-order valence-electron chi connectivity index (χ3n) is 5.43. The molecule has 0 atom stereocenters. The maximum Gasteiger partial charge on any atom is 0.282 e. The third-order valence-corrected chi connectivity index (χ3v) is 6.51. The molecule has 0 N–H and O–H groups in total. The van der Waals surface area contributed by atoms with E-state index < -0.39 is 0 Å². The van der Waals surface area contributed by atoms with E-state index >= 15 is 0 Å². The van der Waals surface area contributed by atoms with Crippen LogP contribution in [-0.2, 0) is 6.61 Å². The van der Waals surface area contributed by atoms with Gasteiger partial charge in [-0.05, 0) is 64.3 Å². The number of hydrogen-bond donors (Lipinski definition) is 0. The van der Waals surface area contributed by atoms with E-state index in [0.717, 1.165) is 20.1 Å². The first kappa shape index (κ1) is 25.1. The van der Waals surface area contributed by atoms with E-state index in [1.807, 2.05) is 50.2 Å².